The van der Waals surface area contributed by atoms with E-state index in [1.165, 1.54) is 0 Å². The molecule has 1 unspecified atom stereocenters. The lowest BCUT2D eigenvalue weighted by molar-refractivity contribution is -0.141. The molecule has 0 aromatic carbocycles. The van der Waals surface area contributed by atoms with Crippen LogP contribution in [0.4, 0.5) is 0 Å². The lowest BCUT2D eigenvalue weighted by Gasteiger charge is -2.44. The monoisotopic (exact) mass is 374 g/mol. The van der Waals surface area contributed by atoms with Crippen molar-refractivity contribution in [2.45, 2.75) is 64.1 Å². The van der Waals surface area contributed by atoms with Gasteiger partial charge in [0.1, 0.15) is 5.69 Å². The fraction of sp³-hybridized carbons (Fsp3) is 0.750. The van der Waals surface area contributed by atoms with Gasteiger partial charge in [-0.05, 0) is 51.5 Å². The van der Waals surface area contributed by atoms with E-state index in [0.29, 0.717) is 18.1 Å². The van der Waals surface area contributed by atoms with E-state index in [4.69, 9.17) is 4.74 Å². The lowest BCUT2D eigenvalue weighted by atomic mass is 9.97. The molecule has 1 aliphatic carbocycles. The number of hydrogen-bond donors (Lipinski definition) is 0. The largest absolute Gasteiger partial charge is 0.381 e. The van der Waals surface area contributed by atoms with E-state index in [1.807, 2.05) is 18.0 Å². The maximum Gasteiger partial charge on any atom is 0.274 e. The Labute approximate surface area is 160 Å². The third-order valence-corrected chi connectivity index (χ3v) is 6.03. The Morgan fingerprint density at radius 2 is 1.96 bits per heavy atom. The second-order valence-corrected chi connectivity index (χ2v) is 7.97. The predicted octanol–water partition coefficient (Wildman–Crippen LogP) is 1.93. The average Bonchev–Trinajstić information content (AvgIpc) is 3.46. The number of piperidine rings is 1. The Kier molecular flexibility index (Phi) is 5.48. The summed E-state index contributed by atoms with van der Waals surface area (Å²) < 4.78 is 7.29. The number of aromatic nitrogens is 2. The van der Waals surface area contributed by atoms with Crippen LogP contribution in [0.2, 0.25) is 0 Å². The molecule has 3 aliphatic rings. The molecule has 3 heterocycles. The summed E-state index contributed by atoms with van der Waals surface area (Å²) in [5.41, 5.74) is 0.503. The number of nitrogens with zero attached hydrogens (tertiary/aromatic N) is 4. The summed E-state index contributed by atoms with van der Waals surface area (Å²) in [4.78, 5) is 30.0. The molecule has 1 aromatic rings. The van der Waals surface area contributed by atoms with E-state index in [1.54, 1.807) is 10.7 Å². The van der Waals surface area contributed by atoms with Crippen molar-refractivity contribution in [3.63, 3.8) is 0 Å². The van der Waals surface area contributed by atoms with Crippen LogP contribution in [0.3, 0.4) is 0 Å². The van der Waals surface area contributed by atoms with Crippen LogP contribution in [-0.2, 0) is 16.1 Å². The second kappa shape index (κ2) is 8.00. The Balaban J connectivity index is 1.48. The normalized spacial score (nSPS) is 24.0. The number of carbonyl (C=O) groups is 2. The zero-order chi connectivity index (χ0) is 18.8. The van der Waals surface area contributed by atoms with Gasteiger partial charge in [0.2, 0.25) is 5.91 Å². The van der Waals surface area contributed by atoms with Crippen LogP contribution in [-0.4, -0.2) is 69.8 Å². The summed E-state index contributed by atoms with van der Waals surface area (Å²) in [6.45, 7) is 5.57. The molecule has 0 spiro atoms. The van der Waals surface area contributed by atoms with Crippen molar-refractivity contribution in [1.29, 1.82) is 0 Å². The molecule has 7 nitrogen and oxygen atoms in total. The van der Waals surface area contributed by atoms with Crippen LogP contribution in [0.5, 0.6) is 0 Å². The molecule has 2 aliphatic heterocycles. The first kappa shape index (κ1) is 18.5. The van der Waals surface area contributed by atoms with E-state index in [0.717, 1.165) is 64.8 Å². The first-order valence-electron chi connectivity index (χ1n) is 10.4. The molecular weight excluding hydrogens is 344 g/mol. The standard InChI is InChI=1S/C20H30N4O3/c1-2-23-11-7-18(21-23)20(26)22-10-3-4-17(14-22)24(19(25)15-5-6-15)16-8-12-27-13-9-16/h7,11,15-17H,2-6,8-10,12-14H2,1H3. The molecule has 148 valence electrons. The highest BCUT2D eigenvalue weighted by Gasteiger charge is 2.41. The van der Waals surface area contributed by atoms with Gasteiger partial charge in [-0.1, -0.05) is 0 Å². The molecule has 7 heteroatoms. The van der Waals surface area contributed by atoms with Crippen molar-refractivity contribution >= 4 is 11.8 Å². The van der Waals surface area contributed by atoms with Gasteiger partial charge in [0, 0.05) is 57.0 Å². The summed E-state index contributed by atoms with van der Waals surface area (Å²) in [5, 5.41) is 4.37. The topological polar surface area (TPSA) is 67.7 Å². The Morgan fingerprint density at radius 3 is 2.63 bits per heavy atom. The molecule has 0 radical (unpaired) electrons. The molecule has 1 saturated carbocycles. The molecular formula is C20H30N4O3. The minimum absolute atomic E-state index is 0.0160. The first-order valence-corrected chi connectivity index (χ1v) is 10.4. The van der Waals surface area contributed by atoms with Gasteiger partial charge in [-0.15, -0.1) is 0 Å². The molecule has 0 bridgehead atoms. The van der Waals surface area contributed by atoms with E-state index in [9.17, 15) is 9.59 Å². The van der Waals surface area contributed by atoms with Crippen LogP contribution in [0.15, 0.2) is 12.3 Å². The number of amides is 2. The van der Waals surface area contributed by atoms with Gasteiger partial charge >= 0.3 is 0 Å². The Morgan fingerprint density at radius 1 is 1.19 bits per heavy atom. The Hall–Kier alpha value is -1.89. The van der Waals surface area contributed by atoms with E-state index in [2.05, 4.69) is 10.00 Å². The molecule has 4 rings (SSSR count). The number of likely N-dealkylation sites (tertiary alicyclic amines) is 1. The van der Waals surface area contributed by atoms with Crippen molar-refractivity contribution in [2.24, 2.45) is 5.92 Å². The van der Waals surface area contributed by atoms with Crippen LogP contribution in [0, 0.1) is 5.92 Å². The number of ether oxygens (including phenoxy) is 1. The highest BCUT2D eigenvalue weighted by atomic mass is 16.5. The highest BCUT2D eigenvalue weighted by Crippen LogP contribution is 2.35. The maximum atomic E-state index is 13.1. The molecule has 2 amide bonds. The van der Waals surface area contributed by atoms with Gasteiger partial charge in [0.05, 0.1) is 0 Å². The zero-order valence-electron chi connectivity index (χ0n) is 16.2. The molecule has 1 aromatic heterocycles. The third-order valence-electron chi connectivity index (χ3n) is 6.03. The smallest absolute Gasteiger partial charge is 0.274 e. The molecule has 0 N–H and O–H groups in total. The fourth-order valence-electron chi connectivity index (χ4n) is 4.34. The summed E-state index contributed by atoms with van der Waals surface area (Å²) in [7, 11) is 0. The van der Waals surface area contributed by atoms with Gasteiger partial charge < -0.3 is 14.5 Å². The quantitative estimate of drug-likeness (QED) is 0.790. The molecule has 2 saturated heterocycles. The van der Waals surface area contributed by atoms with Crippen molar-refractivity contribution in [2.75, 3.05) is 26.3 Å². The summed E-state index contributed by atoms with van der Waals surface area (Å²) in [6.07, 6.45) is 7.60. The van der Waals surface area contributed by atoms with E-state index in [-0.39, 0.29) is 23.9 Å². The highest BCUT2D eigenvalue weighted by molar-refractivity contribution is 5.92. The summed E-state index contributed by atoms with van der Waals surface area (Å²) in [5.74, 6) is 0.494. The van der Waals surface area contributed by atoms with Gasteiger partial charge in [-0.2, -0.15) is 5.10 Å². The zero-order valence-corrected chi connectivity index (χ0v) is 16.2. The minimum Gasteiger partial charge on any atom is -0.381 e. The number of rotatable bonds is 5. The van der Waals surface area contributed by atoms with Crippen LogP contribution >= 0.6 is 0 Å². The first-order chi connectivity index (χ1) is 13.2. The molecule has 1 atom stereocenters. The molecule has 3 fully saturated rings. The van der Waals surface area contributed by atoms with Gasteiger partial charge in [-0.25, -0.2) is 0 Å². The minimum atomic E-state index is -0.0160. The average molecular weight is 374 g/mol. The predicted molar refractivity (Wildman–Crippen MR) is 100 cm³/mol. The number of hydrogen-bond acceptors (Lipinski definition) is 4. The van der Waals surface area contributed by atoms with Crippen LogP contribution < -0.4 is 0 Å². The fourth-order valence-corrected chi connectivity index (χ4v) is 4.34. The van der Waals surface area contributed by atoms with E-state index < -0.39 is 0 Å². The van der Waals surface area contributed by atoms with Gasteiger partial charge in [0.15, 0.2) is 0 Å². The molecule has 27 heavy (non-hydrogen) atoms. The Bertz CT molecular complexity index is 679. The van der Waals surface area contributed by atoms with Crippen LogP contribution in [0.25, 0.3) is 0 Å². The van der Waals surface area contributed by atoms with Gasteiger partial charge in [-0.3, -0.25) is 14.3 Å². The summed E-state index contributed by atoms with van der Waals surface area (Å²) in [6, 6.07) is 2.17. The van der Waals surface area contributed by atoms with Crippen molar-refractivity contribution < 1.29 is 14.3 Å². The van der Waals surface area contributed by atoms with E-state index >= 15 is 0 Å². The maximum absolute atomic E-state index is 13.1. The number of aryl methyl sites for hydroxylation is 1. The lowest BCUT2D eigenvalue weighted by Crippen LogP contribution is -2.56. The third kappa shape index (κ3) is 4.03. The van der Waals surface area contributed by atoms with Crippen LogP contribution in [0.1, 0.15) is 55.9 Å². The number of carbonyl (C=O) groups excluding carboxylic acids is 2. The SMILES string of the molecule is CCn1ccc(C(=O)N2CCCC(N(C(=O)C3CC3)C3CCOCC3)C2)n1. The van der Waals surface area contributed by atoms with Crippen molar-refractivity contribution in [3.8, 4) is 0 Å². The summed E-state index contributed by atoms with van der Waals surface area (Å²) >= 11 is 0. The van der Waals surface area contributed by atoms with Crippen molar-refractivity contribution in [3.05, 3.63) is 18.0 Å². The second-order valence-electron chi connectivity index (χ2n) is 7.97. The van der Waals surface area contributed by atoms with Crippen molar-refractivity contribution in [1.82, 2.24) is 19.6 Å². The van der Waals surface area contributed by atoms with Gasteiger partial charge in [0.25, 0.3) is 5.91 Å².